The highest BCUT2D eigenvalue weighted by molar-refractivity contribution is 9.10. The number of thiophene rings is 1. The van der Waals surface area contributed by atoms with Crippen LogP contribution in [0.25, 0.3) is 0 Å². The average molecular weight is 375 g/mol. The van der Waals surface area contributed by atoms with Gasteiger partial charge in [-0.05, 0) is 29.6 Å². The van der Waals surface area contributed by atoms with Gasteiger partial charge in [-0.2, -0.15) is 0 Å². The van der Waals surface area contributed by atoms with E-state index in [2.05, 4.69) is 15.9 Å². The molecule has 0 unspecified atom stereocenters. The van der Waals surface area contributed by atoms with Gasteiger partial charge in [0.05, 0.1) is 11.6 Å². The predicted molar refractivity (Wildman–Crippen MR) is 85.4 cm³/mol. The second-order valence-corrected chi connectivity index (χ2v) is 6.55. The van der Waals surface area contributed by atoms with Crippen LogP contribution in [-0.2, 0) is 11.3 Å². The Morgan fingerprint density at radius 3 is 2.95 bits per heavy atom. The number of hydrogen-bond acceptors (Lipinski definition) is 3. The third-order valence-electron chi connectivity index (χ3n) is 2.64. The van der Waals surface area contributed by atoms with Crippen molar-refractivity contribution in [1.29, 1.82) is 0 Å². The molecule has 0 spiro atoms. The third-order valence-corrected chi connectivity index (χ3v) is 4.31. The molecule has 1 aromatic carbocycles. The number of likely N-dealkylation sites (N-methyl/N-ethyl adjacent to an activating group) is 1. The predicted octanol–water partition coefficient (Wildman–Crippen LogP) is 4.20. The zero-order chi connectivity index (χ0) is 14.5. The molecule has 106 valence electrons. The molecule has 0 atom stereocenters. The number of amides is 1. The highest BCUT2D eigenvalue weighted by Crippen LogP contribution is 2.27. The first-order valence-electron chi connectivity index (χ1n) is 5.90. The molecule has 2 rings (SSSR count). The summed E-state index contributed by atoms with van der Waals surface area (Å²) in [5, 5.41) is 2.48. The lowest BCUT2D eigenvalue weighted by atomic mass is 10.3. The van der Waals surface area contributed by atoms with E-state index >= 15 is 0 Å². The number of rotatable bonds is 5. The van der Waals surface area contributed by atoms with Crippen molar-refractivity contribution < 1.29 is 9.53 Å². The van der Waals surface area contributed by atoms with Crippen LogP contribution in [0.1, 0.15) is 4.88 Å². The molecule has 0 saturated heterocycles. The van der Waals surface area contributed by atoms with Crippen LogP contribution in [0.2, 0.25) is 5.02 Å². The van der Waals surface area contributed by atoms with Gasteiger partial charge in [0, 0.05) is 16.4 Å². The van der Waals surface area contributed by atoms with Crippen LogP contribution in [0.3, 0.4) is 0 Å². The van der Waals surface area contributed by atoms with Gasteiger partial charge in [0.2, 0.25) is 0 Å². The minimum atomic E-state index is -0.0885. The Morgan fingerprint density at radius 1 is 1.45 bits per heavy atom. The zero-order valence-electron chi connectivity index (χ0n) is 10.8. The second kappa shape index (κ2) is 7.11. The van der Waals surface area contributed by atoms with E-state index in [9.17, 15) is 4.79 Å². The second-order valence-electron chi connectivity index (χ2n) is 4.19. The van der Waals surface area contributed by atoms with Gasteiger partial charge in [-0.25, -0.2) is 0 Å². The molecule has 20 heavy (non-hydrogen) atoms. The molecule has 0 aliphatic heterocycles. The first-order chi connectivity index (χ1) is 9.56. The Labute approximate surface area is 135 Å². The fraction of sp³-hybridized carbons (Fsp3) is 0.214. The highest BCUT2D eigenvalue weighted by Gasteiger charge is 2.12. The Hall–Kier alpha value is -1.04. The van der Waals surface area contributed by atoms with Gasteiger partial charge in [-0.15, -0.1) is 11.3 Å². The van der Waals surface area contributed by atoms with E-state index in [0.717, 1.165) is 9.35 Å². The molecule has 6 heteroatoms. The fourth-order valence-corrected chi connectivity index (χ4v) is 2.83. The maximum absolute atomic E-state index is 12.0. The summed E-state index contributed by atoms with van der Waals surface area (Å²) in [4.78, 5) is 14.8. The number of carbonyl (C=O) groups is 1. The van der Waals surface area contributed by atoms with Gasteiger partial charge >= 0.3 is 0 Å². The fourth-order valence-electron chi connectivity index (χ4n) is 1.56. The SMILES string of the molecule is CN(Cc1cccs1)C(=O)COc1cc(Br)ccc1Cl. The highest BCUT2D eigenvalue weighted by atomic mass is 79.9. The van der Waals surface area contributed by atoms with E-state index in [4.69, 9.17) is 16.3 Å². The zero-order valence-corrected chi connectivity index (χ0v) is 14.0. The molecule has 0 fully saturated rings. The Bertz CT molecular complexity index is 589. The maximum Gasteiger partial charge on any atom is 0.260 e. The van der Waals surface area contributed by atoms with Crippen molar-refractivity contribution in [3.8, 4) is 5.75 Å². The Balaban J connectivity index is 1.89. The van der Waals surface area contributed by atoms with Crippen molar-refractivity contribution >= 4 is 44.8 Å². The number of ether oxygens (including phenoxy) is 1. The molecular weight excluding hydrogens is 362 g/mol. The van der Waals surface area contributed by atoms with Gasteiger partial charge in [0.1, 0.15) is 5.75 Å². The van der Waals surface area contributed by atoms with Crippen LogP contribution in [0.15, 0.2) is 40.2 Å². The number of carbonyl (C=O) groups excluding carboxylic acids is 1. The van der Waals surface area contributed by atoms with Crippen molar-refractivity contribution in [2.75, 3.05) is 13.7 Å². The smallest absolute Gasteiger partial charge is 0.260 e. The molecule has 0 N–H and O–H groups in total. The monoisotopic (exact) mass is 373 g/mol. The topological polar surface area (TPSA) is 29.5 Å². The summed E-state index contributed by atoms with van der Waals surface area (Å²) in [5.41, 5.74) is 0. The lowest BCUT2D eigenvalue weighted by Crippen LogP contribution is -2.30. The molecule has 0 radical (unpaired) electrons. The quantitative estimate of drug-likeness (QED) is 0.785. The van der Waals surface area contributed by atoms with Crippen LogP contribution in [-0.4, -0.2) is 24.5 Å². The van der Waals surface area contributed by atoms with E-state index in [1.165, 1.54) is 0 Å². The van der Waals surface area contributed by atoms with Gasteiger partial charge in [-0.1, -0.05) is 33.6 Å². The van der Waals surface area contributed by atoms with Crippen LogP contribution < -0.4 is 4.74 Å². The molecule has 1 heterocycles. The van der Waals surface area contributed by atoms with E-state index < -0.39 is 0 Å². The first-order valence-corrected chi connectivity index (χ1v) is 7.95. The molecule has 1 amide bonds. The maximum atomic E-state index is 12.0. The van der Waals surface area contributed by atoms with Crippen LogP contribution >= 0.6 is 38.9 Å². The first kappa shape index (κ1) is 15.4. The van der Waals surface area contributed by atoms with Crippen LogP contribution in [0.4, 0.5) is 0 Å². The average Bonchev–Trinajstić information content (AvgIpc) is 2.92. The molecule has 0 bridgehead atoms. The van der Waals surface area contributed by atoms with Gasteiger partial charge in [0.15, 0.2) is 6.61 Å². The summed E-state index contributed by atoms with van der Waals surface area (Å²) in [7, 11) is 1.76. The van der Waals surface area contributed by atoms with Crippen LogP contribution in [0.5, 0.6) is 5.75 Å². The standard InChI is InChI=1S/C14H13BrClNO2S/c1-17(8-11-3-2-6-20-11)14(18)9-19-13-7-10(15)4-5-12(13)16/h2-7H,8-9H2,1H3. The van der Waals surface area contributed by atoms with E-state index in [0.29, 0.717) is 17.3 Å². The van der Waals surface area contributed by atoms with Crippen LogP contribution in [0, 0.1) is 0 Å². The van der Waals surface area contributed by atoms with E-state index in [-0.39, 0.29) is 12.5 Å². The number of nitrogens with zero attached hydrogens (tertiary/aromatic N) is 1. The summed E-state index contributed by atoms with van der Waals surface area (Å²) >= 11 is 11.0. The van der Waals surface area contributed by atoms with E-state index in [1.54, 1.807) is 35.4 Å². The summed E-state index contributed by atoms with van der Waals surface area (Å²) in [6.45, 7) is 0.560. The minimum Gasteiger partial charge on any atom is -0.482 e. The van der Waals surface area contributed by atoms with Crippen molar-refractivity contribution in [3.63, 3.8) is 0 Å². The lowest BCUT2D eigenvalue weighted by molar-refractivity contribution is -0.132. The van der Waals surface area contributed by atoms with E-state index in [1.807, 2.05) is 23.6 Å². The molecule has 1 aromatic heterocycles. The number of hydrogen-bond donors (Lipinski definition) is 0. The molecule has 3 nitrogen and oxygen atoms in total. The molecule has 0 aliphatic rings. The van der Waals surface area contributed by atoms with Crippen molar-refractivity contribution in [2.45, 2.75) is 6.54 Å². The normalized spacial score (nSPS) is 10.3. The molecule has 0 aliphatic carbocycles. The van der Waals surface area contributed by atoms with Crippen molar-refractivity contribution in [1.82, 2.24) is 4.90 Å². The summed E-state index contributed by atoms with van der Waals surface area (Å²) in [6.07, 6.45) is 0. The van der Waals surface area contributed by atoms with Gasteiger partial charge < -0.3 is 9.64 Å². The molecule has 0 saturated carbocycles. The van der Waals surface area contributed by atoms with Crippen molar-refractivity contribution in [2.24, 2.45) is 0 Å². The summed E-state index contributed by atoms with van der Waals surface area (Å²) in [6, 6.07) is 9.26. The third kappa shape index (κ3) is 4.23. The largest absolute Gasteiger partial charge is 0.482 e. The Morgan fingerprint density at radius 2 is 2.25 bits per heavy atom. The van der Waals surface area contributed by atoms with Crippen molar-refractivity contribution in [3.05, 3.63) is 50.1 Å². The number of benzene rings is 1. The summed E-state index contributed by atoms with van der Waals surface area (Å²) < 4.78 is 6.33. The molecular formula is C14H13BrClNO2S. The number of halogens is 2. The molecule has 2 aromatic rings. The Kier molecular flexibility index (Phi) is 5.46. The summed E-state index contributed by atoms with van der Waals surface area (Å²) in [5.74, 6) is 0.411. The lowest BCUT2D eigenvalue weighted by Gasteiger charge is -2.17. The van der Waals surface area contributed by atoms with Gasteiger partial charge in [-0.3, -0.25) is 4.79 Å². The van der Waals surface area contributed by atoms with Gasteiger partial charge in [0.25, 0.3) is 5.91 Å². The minimum absolute atomic E-state index is 0.0297.